The number of aliphatic hydroxyl groups is 1. The molecule has 0 saturated carbocycles. The zero-order chi connectivity index (χ0) is 15.4. The van der Waals surface area contributed by atoms with Gasteiger partial charge in [-0.1, -0.05) is 24.3 Å². The van der Waals surface area contributed by atoms with Crippen LogP contribution in [0.5, 0.6) is 5.75 Å². The second kappa shape index (κ2) is 6.31. The number of aromatic nitrogens is 4. The number of rotatable bonds is 5. The third kappa shape index (κ3) is 3.09. The molecule has 0 saturated heterocycles. The Kier molecular flexibility index (Phi) is 4.06. The summed E-state index contributed by atoms with van der Waals surface area (Å²) in [6.07, 6.45) is 0.422. The topological polar surface area (TPSA) is 73.1 Å². The zero-order valence-electron chi connectivity index (χ0n) is 11.5. The van der Waals surface area contributed by atoms with Crippen LogP contribution in [0.15, 0.2) is 54.9 Å². The number of aliphatic hydroxyl groups excluding tert-OH is 1. The first-order valence-electron chi connectivity index (χ1n) is 6.63. The van der Waals surface area contributed by atoms with Crippen LogP contribution in [0.2, 0.25) is 0 Å². The van der Waals surface area contributed by atoms with Crippen LogP contribution in [-0.4, -0.2) is 31.9 Å². The van der Waals surface area contributed by atoms with Crippen molar-refractivity contribution < 1.29 is 14.2 Å². The Bertz CT molecular complexity index is 749. The van der Waals surface area contributed by atoms with Crippen molar-refractivity contribution in [3.05, 3.63) is 66.2 Å². The van der Waals surface area contributed by atoms with Gasteiger partial charge in [-0.3, -0.25) is 0 Å². The first kappa shape index (κ1) is 14.2. The van der Waals surface area contributed by atoms with Gasteiger partial charge < -0.3 is 9.84 Å². The van der Waals surface area contributed by atoms with Crippen molar-refractivity contribution in [1.82, 2.24) is 20.2 Å². The molecule has 112 valence electrons. The molecule has 0 amide bonds. The van der Waals surface area contributed by atoms with Crippen molar-refractivity contribution in [2.45, 2.75) is 6.10 Å². The number of tetrazole rings is 1. The smallest absolute Gasteiger partial charge is 0.143 e. The summed E-state index contributed by atoms with van der Waals surface area (Å²) in [5, 5.41) is 20.9. The molecule has 7 heteroatoms. The number of nitrogens with zero attached hydrogens (tertiary/aromatic N) is 4. The van der Waals surface area contributed by atoms with E-state index >= 15 is 0 Å². The molecule has 0 spiro atoms. The molecule has 0 aliphatic heterocycles. The number of hydrogen-bond donors (Lipinski definition) is 1. The highest BCUT2D eigenvalue weighted by atomic mass is 19.1. The van der Waals surface area contributed by atoms with Crippen LogP contribution >= 0.6 is 0 Å². The largest absolute Gasteiger partial charge is 0.490 e. The lowest BCUT2D eigenvalue weighted by Crippen LogP contribution is -2.11. The van der Waals surface area contributed by atoms with Crippen LogP contribution < -0.4 is 4.74 Å². The van der Waals surface area contributed by atoms with Crippen molar-refractivity contribution in [3.63, 3.8) is 0 Å². The minimum absolute atomic E-state index is 0.0556. The second-order valence-electron chi connectivity index (χ2n) is 4.60. The summed E-state index contributed by atoms with van der Waals surface area (Å²) in [5.74, 6) is 0.0735. The summed E-state index contributed by atoms with van der Waals surface area (Å²) in [4.78, 5) is 0. The highest BCUT2D eigenvalue weighted by molar-refractivity contribution is 5.38. The summed E-state index contributed by atoms with van der Waals surface area (Å²) >= 11 is 0. The van der Waals surface area contributed by atoms with Crippen molar-refractivity contribution >= 4 is 0 Å². The molecule has 0 aliphatic carbocycles. The third-order valence-corrected chi connectivity index (χ3v) is 3.10. The van der Waals surface area contributed by atoms with Gasteiger partial charge in [-0.2, -0.15) is 0 Å². The number of ether oxygens (including phenoxy) is 1. The quantitative estimate of drug-likeness (QED) is 0.779. The van der Waals surface area contributed by atoms with E-state index in [2.05, 4.69) is 15.5 Å². The van der Waals surface area contributed by atoms with E-state index in [-0.39, 0.29) is 12.2 Å². The van der Waals surface area contributed by atoms with Gasteiger partial charge in [0.05, 0.1) is 5.69 Å². The lowest BCUT2D eigenvalue weighted by molar-refractivity contribution is 0.105. The van der Waals surface area contributed by atoms with Crippen LogP contribution in [0.4, 0.5) is 4.39 Å². The van der Waals surface area contributed by atoms with Gasteiger partial charge in [0, 0.05) is 11.6 Å². The Morgan fingerprint density at radius 1 is 1.18 bits per heavy atom. The summed E-state index contributed by atoms with van der Waals surface area (Å²) in [7, 11) is 0. The zero-order valence-corrected chi connectivity index (χ0v) is 11.5. The number of hydrogen-bond acceptors (Lipinski definition) is 5. The first-order valence-corrected chi connectivity index (χ1v) is 6.63. The van der Waals surface area contributed by atoms with Gasteiger partial charge in [-0.15, -0.1) is 5.10 Å². The Morgan fingerprint density at radius 2 is 2.05 bits per heavy atom. The molecular formula is C15H13FN4O2. The number of halogens is 1. The van der Waals surface area contributed by atoms with Gasteiger partial charge >= 0.3 is 0 Å². The normalized spacial score (nSPS) is 12.1. The predicted octanol–water partition coefficient (Wildman–Crippen LogP) is 1.91. The van der Waals surface area contributed by atoms with E-state index in [0.717, 1.165) is 5.69 Å². The van der Waals surface area contributed by atoms with E-state index in [1.54, 1.807) is 30.3 Å². The SMILES string of the molecule is OC(COc1cccc(-n2cnnn2)c1)c1ccccc1F. The fourth-order valence-electron chi connectivity index (χ4n) is 2.01. The van der Waals surface area contributed by atoms with E-state index < -0.39 is 11.9 Å². The molecule has 3 rings (SSSR count). The summed E-state index contributed by atoms with van der Waals surface area (Å²) in [6.45, 7) is -0.0556. The second-order valence-corrected chi connectivity index (χ2v) is 4.60. The van der Waals surface area contributed by atoms with E-state index in [9.17, 15) is 9.50 Å². The van der Waals surface area contributed by atoms with Crippen molar-refractivity contribution in [2.75, 3.05) is 6.61 Å². The molecule has 1 aromatic heterocycles. The highest BCUT2D eigenvalue weighted by Gasteiger charge is 2.13. The average molecular weight is 300 g/mol. The van der Waals surface area contributed by atoms with Crippen LogP contribution in [0.3, 0.4) is 0 Å². The maximum absolute atomic E-state index is 13.6. The molecular weight excluding hydrogens is 287 g/mol. The van der Waals surface area contributed by atoms with E-state index in [4.69, 9.17) is 4.74 Å². The fourth-order valence-corrected chi connectivity index (χ4v) is 2.01. The Balaban J connectivity index is 1.69. The van der Waals surface area contributed by atoms with Crippen molar-refractivity contribution in [2.24, 2.45) is 0 Å². The minimum atomic E-state index is -1.04. The molecule has 1 N–H and O–H groups in total. The van der Waals surface area contributed by atoms with E-state index in [1.165, 1.54) is 23.1 Å². The molecule has 0 aliphatic rings. The van der Waals surface area contributed by atoms with Gasteiger partial charge in [0.25, 0.3) is 0 Å². The lowest BCUT2D eigenvalue weighted by atomic mass is 10.1. The molecule has 0 bridgehead atoms. The molecule has 3 aromatic rings. The molecule has 22 heavy (non-hydrogen) atoms. The summed E-state index contributed by atoms with van der Waals surface area (Å²) < 4.78 is 20.6. The summed E-state index contributed by atoms with van der Waals surface area (Å²) in [5.41, 5.74) is 0.932. The minimum Gasteiger partial charge on any atom is -0.490 e. The monoisotopic (exact) mass is 300 g/mol. The van der Waals surface area contributed by atoms with Gasteiger partial charge in [-0.25, -0.2) is 9.07 Å². The first-order chi connectivity index (χ1) is 10.7. The Morgan fingerprint density at radius 3 is 2.82 bits per heavy atom. The maximum atomic E-state index is 13.6. The molecule has 1 heterocycles. The molecule has 0 radical (unpaired) electrons. The average Bonchev–Trinajstić information content (AvgIpc) is 3.08. The molecule has 1 unspecified atom stereocenters. The molecule has 6 nitrogen and oxygen atoms in total. The van der Waals surface area contributed by atoms with Gasteiger partial charge in [0.1, 0.15) is 30.6 Å². The van der Waals surface area contributed by atoms with Gasteiger partial charge in [-0.05, 0) is 28.6 Å². The van der Waals surface area contributed by atoms with Crippen molar-refractivity contribution in [1.29, 1.82) is 0 Å². The van der Waals surface area contributed by atoms with Crippen LogP contribution in [0, 0.1) is 5.82 Å². The highest BCUT2D eigenvalue weighted by Crippen LogP contribution is 2.20. The molecule has 1 atom stereocenters. The van der Waals surface area contributed by atoms with Crippen molar-refractivity contribution in [3.8, 4) is 11.4 Å². The fraction of sp³-hybridized carbons (Fsp3) is 0.133. The van der Waals surface area contributed by atoms with Gasteiger partial charge in [0.15, 0.2) is 0 Å². The summed E-state index contributed by atoms with van der Waals surface area (Å²) in [6, 6.07) is 13.1. The maximum Gasteiger partial charge on any atom is 0.143 e. The molecule has 0 fully saturated rings. The Hall–Kier alpha value is -2.80. The van der Waals surface area contributed by atoms with E-state index in [0.29, 0.717) is 5.75 Å². The third-order valence-electron chi connectivity index (χ3n) is 3.10. The number of benzene rings is 2. The Labute approximate surface area is 125 Å². The van der Waals surface area contributed by atoms with Crippen LogP contribution in [-0.2, 0) is 0 Å². The molecule has 2 aromatic carbocycles. The van der Waals surface area contributed by atoms with Crippen LogP contribution in [0.25, 0.3) is 5.69 Å². The van der Waals surface area contributed by atoms with Crippen LogP contribution in [0.1, 0.15) is 11.7 Å². The lowest BCUT2D eigenvalue weighted by Gasteiger charge is -2.13. The predicted molar refractivity (Wildman–Crippen MR) is 76.0 cm³/mol. The van der Waals surface area contributed by atoms with E-state index in [1.807, 2.05) is 6.07 Å². The van der Waals surface area contributed by atoms with Gasteiger partial charge in [0.2, 0.25) is 0 Å². The standard InChI is InChI=1S/C15H13FN4O2/c16-14-7-2-1-6-13(14)15(21)9-22-12-5-3-4-11(8-12)20-10-17-18-19-20/h1-8,10,15,21H,9H2.